The van der Waals surface area contributed by atoms with E-state index in [-0.39, 0.29) is 5.41 Å². The fraction of sp³-hybridized carbons (Fsp3) is 0.0645. The van der Waals surface area contributed by atoms with Crippen molar-refractivity contribution in [2.24, 2.45) is 0 Å². The zero-order valence-corrected chi connectivity index (χ0v) is 35.8. The van der Waals surface area contributed by atoms with Crippen LogP contribution in [0.2, 0.25) is 0 Å². The van der Waals surface area contributed by atoms with Gasteiger partial charge in [0, 0.05) is 39.2 Å². The van der Waals surface area contributed by atoms with Crippen LogP contribution in [0.25, 0.3) is 44.2 Å². The number of hydrogen-bond acceptors (Lipinski definition) is 2. The molecule has 0 heterocycles. The number of nitrogens with zero attached hydrogens (tertiary/aromatic N) is 2. The van der Waals surface area contributed by atoms with Crippen LogP contribution in [0.5, 0.6) is 0 Å². The molecule has 2 nitrogen and oxygen atoms in total. The molecule has 64 heavy (non-hydrogen) atoms. The second-order valence-corrected chi connectivity index (χ2v) is 18.0. The number of fused-ring (bicyclic) bond motifs is 14. The second-order valence-electron chi connectivity index (χ2n) is 18.0. The lowest BCUT2D eigenvalue weighted by Crippen LogP contribution is -2.26. The highest BCUT2D eigenvalue weighted by Crippen LogP contribution is 2.64. The van der Waals surface area contributed by atoms with Gasteiger partial charge in [-0.1, -0.05) is 178 Å². The lowest BCUT2D eigenvalue weighted by molar-refractivity contribution is 0.660. The maximum absolute atomic E-state index is 2.51. The highest BCUT2D eigenvalue weighted by Gasteiger charge is 2.52. The van der Waals surface area contributed by atoms with Gasteiger partial charge in [-0.25, -0.2) is 0 Å². The minimum absolute atomic E-state index is 0.122. The van der Waals surface area contributed by atoms with E-state index >= 15 is 0 Å². The molecule has 3 aliphatic rings. The van der Waals surface area contributed by atoms with E-state index in [2.05, 4.69) is 254 Å². The SMILES string of the molecule is CC1(C)c2ccccc2-c2ccc(N(c3ccccc3)c3ccc4c(c3)C3(c5ccccc5-4)c4ccccc4-c4ccc(N(c5ccccc5)c5cccc6ccccc56)cc43)cc21. The van der Waals surface area contributed by atoms with E-state index < -0.39 is 5.41 Å². The average molecular weight is 817 g/mol. The van der Waals surface area contributed by atoms with E-state index in [0.717, 1.165) is 34.1 Å². The molecule has 0 aromatic heterocycles. The molecule has 10 aromatic carbocycles. The second kappa shape index (κ2) is 13.8. The van der Waals surface area contributed by atoms with Gasteiger partial charge < -0.3 is 9.80 Å². The average Bonchev–Trinajstić information content (AvgIpc) is 3.90. The molecule has 0 amide bonds. The molecule has 0 bridgehead atoms. The maximum Gasteiger partial charge on any atom is 0.0727 e. The molecule has 0 radical (unpaired) electrons. The van der Waals surface area contributed by atoms with Crippen molar-refractivity contribution in [1.29, 1.82) is 0 Å². The first-order valence-corrected chi connectivity index (χ1v) is 22.4. The van der Waals surface area contributed by atoms with Gasteiger partial charge in [0.15, 0.2) is 0 Å². The third kappa shape index (κ3) is 5.08. The summed E-state index contributed by atoms with van der Waals surface area (Å²) in [6.45, 7) is 4.74. The van der Waals surface area contributed by atoms with E-state index in [0.29, 0.717) is 0 Å². The normalized spacial score (nSPS) is 15.5. The Bertz CT molecular complexity index is 3470. The van der Waals surface area contributed by atoms with Gasteiger partial charge in [0.1, 0.15) is 0 Å². The monoisotopic (exact) mass is 816 g/mol. The number of hydrogen-bond donors (Lipinski definition) is 0. The quantitative estimate of drug-likeness (QED) is 0.165. The number of rotatable bonds is 6. The van der Waals surface area contributed by atoms with Crippen molar-refractivity contribution in [3.05, 3.63) is 264 Å². The number of anilines is 6. The van der Waals surface area contributed by atoms with Crippen molar-refractivity contribution in [3.63, 3.8) is 0 Å². The van der Waals surface area contributed by atoms with Crippen LogP contribution < -0.4 is 9.80 Å². The van der Waals surface area contributed by atoms with Crippen molar-refractivity contribution in [3.8, 4) is 33.4 Å². The summed E-state index contributed by atoms with van der Waals surface area (Å²) < 4.78 is 0. The minimum atomic E-state index is -0.561. The molecule has 1 unspecified atom stereocenters. The van der Waals surface area contributed by atoms with E-state index in [4.69, 9.17) is 0 Å². The van der Waals surface area contributed by atoms with Gasteiger partial charge in [-0.2, -0.15) is 0 Å². The minimum Gasteiger partial charge on any atom is -0.310 e. The van der Waals surface area contributed by atoms with Gasteiger partial charge in [-0.05, 0) is 139 Å². The first-order valence-electron chi connectivity index (χ1n) is 22.4. The van der Waals surface area contributed by atoms with E-state index in [9.17, 15) is 0 Å². The summed E-state index contributed by atoms with van der Waals surface area (Å²) in [6, 6.07) is 85.8. The highest BCUT2D eigenvalue weighted by atomic mass is 15.1. The van der Waals surface area contributed by atoms with Gasteiger partial charge in [-0.3, -0.25) is 0 Å². The molecule has 302 valence electrons. The Hall–Kier alpha value is -7.94. The van der Waals surface area contributed by atoms with Gasteiger partial charge in [-0.15, -0.1) is 0 Å². The predicted molar refractivity (Wildman–Crippen MR) is 267 cm³/mol. The molecule has 1 spiro atoms. The third-order valence-corrected chi connectivity index (χ3v) is 14.4. The Labute approximate surface area is 375 Å². The molecular formula is C62H44N2. The molecule has 1 atom stereocenters. The first-order chi connectivity index (χ1) is 31.5. The third-order valence-electron chi connectivity index (χ3n) is 14.4. The highest BCUT2D eigenvalue weighted by molar-refractivity contribution is 6.01. The molecule has 3 aliphatic carbocycles. The van der Waals surface area contributed by atoms with E-state index in [1.165, 1.54) is 77.5 Å². The molecule has 0 saturated heterocycles. The summed E-state index contributed by atoms with van der Waals surface area (Å²) in [5.41, 5.74) is 21.9. The number of para-hydroxylation sites is 2. The molecule has 13 rings (SSSR count). The Balaban J connectivity index is 1.06. The standard InChI is InChI=1S/C62H44N2/c1-61(2)54-28-14-11-25-48(54)51-35-32-44(38-57(51)61)63(42-20-5-3-6-21-42)45-33-36-52-49-26-12-15-29-55(49)62(58(52)39-45)56-30-16-13-27-50(56)53-37-34-46(40-59(53)62)64(43-22-7-4-8-23-43)60-31-17-19-41-18-9-10-24-47(41)60/h3-40H,1-2H3. The largest absolute Gasteiger partial charge is 0.310 e. The van der Waals surface area contributed by atoms with Crippen LogP contribution in [-0.2, 0) is 10.8 Å². The van der Waals surface area contributed by atoms with Crippen LogP contribution >= 0.6 is 0 Å². The zero-order valence-electron chi connectivity index (χ0n) is 35.8. The van der Waals surface area contributed by atoms with Crippen molar-refractivity contribution >= 4 is 44.9 Å². The lowest BCUT2D eigenvalue weighted by atomic mass is 9.70. The van der Waals surface area contributed by atoms with Crippen LogP contribution in [0.4, 0.5) is 34.1 Å². The van der Waals surface area contributed by atoms with Crippen molar-refractivity contribution in [2.75, 3.05) is 9.80 Å². The first kappa shape index (κ1) is 36.7. The molecule has 0 saturated carbocycles. The Morgan fingerprint density at radius 1 is 0.281 bits per heavy atom. The molecule has 0 N–H and O–H groups in total. The number of benzene rings is 10. The van der Waals surface area contributed by atoms with Crippen molar-refractivity contribution in [1.82, 2.24) is 0 Å². The predicted octanol–water partition coefficient (Wildman–Crippen LogP) is 16.4. The molecule has 10 aromatic rings. The molecule has 2 heteroatoms. The smallest absolute Gasteiger partial charge is 0.0727 e. The molecule has 0 aliphatic heterocycles. The van der Waals surface area contributed by atoms with Crippen molar-refractivity contribution in [2.45, 2.75) is 24.7 Å². The van der Waals surface area contributed by atoms with E-state index in [1.807, 2.05) is 0 Å². The van der Waals surface area contributed by atoms with E-state index in [1.54, 1.807) is 0 Å². The molecular weight excluding hydrogens is 773 g/mol. The Morgan fingerprint density at radius 3 is 1.28 bits per heavy atom. The van der Waals surface area contributed by atoms with Crippen LogP contribution in [0.15, 0.2) is 231 Å². The summed E-state index contributed by atoms with van der Waals surface area (Å²) in [4.78, 5) is 4.91. The van der Waals surface area contributed by atoms with Crippen LogP contribution in [-0.4, -0.2) is 0 Å². The summed E-state index contributed by atoms with van der Waals surface area (Å²) in [5, 5.41) is 2.44. The summed E-state index contributed by atoms with van der Waals surface area (Å²) in [6.07, 6.45) is 0. The maximum atomic E-state index is 2.51. The Kier molecular flexibility index (Phi) is 7.90. The van der Waals surface area contributed by atoms with Gasteiger partial charge in [0.2, 0.25) is 0 Å². The van der Waals surface area contributed by atoms with Crippen LogP contribution in [0.1, 0.15) is 47.2 Å². The topological polar surface area (TPSA) is 6.48 Å². The fourth-order valence-corrected chi connectivity index (χ4v) is 11.7. The van der Waals surface area contributed by atoms with Crippen molar-refractivity contribution < 1.29 is 0 Å². The van der Waals surface area contributed by atoms with Crippen LogP contribution in [0.3, 0.4) is 0 Å². The lowest BCUT2D eigenvalue weighted by Gasteiger charge is -2.33. The summed E-state index contributed by atoms with van der Waals surface area (Å²) >= 11 is 0. The summed E-state index contributed by atoms with van der Waals surface area (Å²) in [7, 11) is 0. The Morgan fingerprint density at radius 2 is 0.688 bits per heavy atom. The van der Waals surface area contributed by atoms with Gasteiger partial charge >= 0.3 is 0 Å². The fourth-order valence-electron chi connectivity index (χ4n) is 11.7. The summed E-state index contributed by atoms with van der Waals surface area (Å²) in [5.74, 6) is 0. The molecule has 0 fully saturated rings. The zero-order chi connectivity index (χ0) is 42.6. The van der Waals surface area contributed by atoms with Crippen LogP contribution in [0, 0.1) is 0 Å². The van der Waals surface area contributed by atoms with Gasteiger partial charge in [0.25, 0.3) is 0 Å². The van der Waals surface area contributed by atoms with Gasteiger partial charge in [0.05, 0.1) is 11.1 Å².